The Bertz CT molecular complexity index is 631. The van der Waals surface area contributed by atoms with Crippen molar-refractivity contribution in [3.63, 3.8) is 0 Å². The van der Waals surface area contributed by atoms with Crippen molar-refractivity contribution in [2.75, 3.05) is 6.54 Å². The Morgan fingerprint density at radius 3 is 2.90 bits per heavy atom. The van der Waals surface area contributed by atoms with Gasteiger partial charge in [0.25, 0.3) is 5.91 Å². The molecule has 1 unspecified atom stereocenters. The summed E-state index contributed by atoms with van der Waals surface area (Å²) in [5.74, 6) is -0.194. The molecule has 2 aromatic rings. The average Bonchev–Trinajstić information content (AvgIpc) is 2.77. The zero-order chi connectivity index (χ0) is 14.9. The van der Waals surface area contributed by atoms with Gasteiger partial charge in [0, 0.05) is 23.8 Å². The number of H-pyrrole nitrogens is 1. The zero-order valence-corrected chi connectivity index (χ0v) is 12.2. The molecule has 0 saturated heterocycles. The third kappa shape index (κ3) is 2.80. The number of nitrogens with zero attached hydrogens (tertiary/aromatic N) is 2. The number of rotatable bonds is 4. The Kier molecular flexibility index (Phi) is 3.76. The number of amides is 1. The molecular weight excluding hydrogens is 256 g/mol. The number of aliphatic hydroxyl groups is 1. The van der Waals surface area contributed by atoms with Gasteiger partial charge in [0.1, 0.15) is 0 Å². The highest BCUT2D eigenvalue weighted by atomic mass is 16.3. The van der Waals surface area contributed by atoms with E-state index in [1.165, 1.54) is 6.20 Å². The molecule has 2 rings (SSSR count). The van der Waals surface area contributed by atoms with Crippen LogP contribution in [0, 0.1) is 12.8 Å². The third-order valence-corrected chi connectivity index (χ3v) is 3.71. The predicted molar refractivity (Wildman–Crippen MR) is 76.4 cm³/mol. The number of nitrogens with one attached hydrogen (secondary N) is 2. The molecule has 0 bridgehead atoms. The average molecular weight is 276 g/mol. The second-order valence-electron chi connectivity index (χ2n) is 5.64. The number of carbonyl (C=O) groups excluding carboxylic acids is 1. The standard InChI is InChI=1S/C14H20N4O2/c1-8(2)14(4,20)7-16-13(19)10-5-11-9(3)17-18-12(11)15-6-10/h5-6,8,20H,7H2,1-4H3,(H,16,19)(H,15,17,18). The Morgan fingerprint density at radius 2 is 2.25 bits per heavy atom. The molecule has 0 spiro atoms. The molecule has 0 saturated carbocycles. The van der Waals surface area contributed by atoms with Crippen LogP contribution in [0.15, 0.2) is 12.3 Å². The number of hydrogen-bond acceptors (Lipinski definition) is 4. The van der Waals surface area contributed by atoms with Crippen LogP contribution < -0.4 is 5.32 Å². The van der Waals surface area contributed by atoms with Gasteiger partial charge in [-0.1, -0.05) is 13.8 Å². The number of fused-ring (bicyclic) bond motifs is 1. The summed E-state index contributed by atoms with van der Waals surface area (Å²) in [7, 11) is 0. The van der Waals surface area contributed by atoms with E-state index in [1.54, 1.807) is 13.0 Å². The van der Waals surface area contributed by atoms with Gasteiger partial charge in [0.15, 0.2) is 5.65 Å². The van der Waals surface area contributed by atoms with Crippen LogP contribution >= 0.6 is 0 Å². The van der Waals surface area contributed by atoms with Crippen molar-refractivity contribution in [1.29, 1.82) is 0 Å². The second-order valence-corrected chi connectivity index (χ2v) is 5.64. The molecule has 0 aliphatic heterocycles. The van der Waals surface area contributed by atoms with Gasteiger partial charge in [0.05, 0.1) is 11.2 Å². The second kappa shape index (κ2) is 5.20. The van der Waals surface area contributed by atoms with Crippen LogP contribution in [0.5, 0.6) is 0 Å². The SMILES string of the molecule is Cc1[nH]nc2ncc(C(=O)NCC(C)(O)C(C)C)cc12. The van der Waals surface area contributed by atoms with E-state index in [4.69, 9.17) is 0 Å². The first-order valence-electron chi connectivity index (χ1n) is 6.62. The number of pyridine rings is 1. The predicted octanol–water partition coefficient (Wildman–Crippen LogP) is 1.40. The Labute approximate surface area is 117 Å². The van der Waals surface area contributed by atoms with E-state index in [-0.39, 0.29) is 18.4 Å². The molecule has 1 atom stereocenters. The molecule has 0 aliphatic rings. The zero-order valence-electron chi connectivity index (χ0n) is 12.2. The van der Waals surface area contributed by atoms with Crippen molar-refractivity contribution in [1.82, 2.24) is 20.5 Å². The van der Waals surface area contributed by atoms with Crippen molar-refractivity contribution in [3.05, 3.63) is 23.5 Å². The van der Waals surface area contributed by atoms with E-state index in [2.05, 4.69) is 20.5 Å². The largest absolute Gasteiger partial charge is 0.388 e. The number of aromatic nitrogens is 3. The summed E-state index contributed by atoms with van der Waals surface area (Å²) in [5.41, 5.74) is 0.991. The first-order chi connectivity index (χ1) is 9.31. The topological polar surface area (TPSA) is 90.9 Å². The fraction of sp³-hybridized carbons (Fsp3) is 0.500. The fourth-order valence-electron chi connectivity index (χ4n) is 1.71. The first kappa shape index (κ1) is 14.5. The molecule has 2 heterocycles. The Balaban J connectivity index is 2.13. The molecule has 0 fully saturated rings. The van der Waals surface area contributed by atoms with Gasteiger partial charge in [-0.3, -0.25) is 9.89 Å². The lowest BCUT2D eigenvalue weighted by Crippen LogP contribution is -2.44. The van der Waals surface area contributed by atoms with Gasteiger partial charge in [0.2, 0.25) is 0 Å². The number of aromatic amines is 1. The maximum Gasteiger partial charge on any atom is 0.252 e. The van der Waals surface area contributed by atoms with Gasteiger partial charge in [-0.25, -0.2) is 4.98 Å². The normalized spacial score (nSPS) is 14.5. The van der Waals surface area contributed by atoms with Crippen molar-refractivity contribution in [3.8, 4) is 0 Å². The highest BCUT2D eigenvalue weighted by molar-refractivity contribution is 5.97. The Morgan fingerprint density at radius 1 is 1.55 bits per heavy atom. The minimum atomic E-state index is -0.932. The lowest BCUT2D eigenvalue weighted by molar-refractivity contribution is 0.0142. The van der Waals surface area contributed by atoms with Crippen LogP contribution in [0.2, 0.25) is 0 Å². The minimum Gasteiger partial charge on any atom is -0.388 e. The lowest BCUT2D eigenvalue weighted by Gasteiger charge is -2.27. The van der Waals surface area contributed by atoms with Gasteiger partial charge in [-0.15, -0.1) is 0 Å². The summed E-state index contributed by atoms with van der Waals surface area (Å²) < 4.78 is 0. The Hall–Kier alpha value is -1.95. The third-order valence-electron chi connectivity index (χ3n) is 3.71. The minimum absolute atomic E-state index is 0.0551. The highest BCUT2D eigenvalue weighted by Crippen LogP contribution is 2.16. The van der Waals surface area contributed by atoms with E-state index in [1.807, 2.05) is 20.8 Å². The number of hydrogen-bond donors (Lipinski definition) is 3. The summed E-state index contributed by atoms with van der Waals surface area (Å²) in [6.07, 6.45) is 1.49. The van der Waals surface area contributed by atoms with Gasteiger partial charge >= 0.3 is 0 Å². The summed E-state index contributed by atoms with van der Waals surface area (Å²) in [5, 5.41) is 20.5. The molecule has 3 N–H and O–H groups in total. The molecule has 1 amide bonds. The van der Waals surface area contributed by atoms with E-state index in [0.29, 0.717) is 11.2 Å². The summed E-state index contributed by atoms with van der Waals surface area (Å²) in [6.45, 7) is 7.61. The van der Waals surface area contributed by atoms with Gasteiger partial charge in [-0.2, -0.15) is 5.10 Å². The van der Waals surface area contributed by atoms with Crippen molar-refractivity contribution >= 4 is 16.9 Å². The molecule has 6 heteroatoms. The van der Waals surface area contributed by atoms with Crippen molar-refractivity contribution < 1.29 is 9.90 Å². The monoisotopic (exact) mass is 276 g/mol. The molecule has 20 heavy (non-hydrogen) atoms. The van der Waals surface area contributed by atoms with Crippen molar-refractivity contribution in [2.24, 2.45) is 5.92 Å². The number of carbonyl (C=O) groups is 1. The van der Waals surface area contributed by atoms with Crippen LogP contribution in [0.1, 0.15) is 36.8 Å². The van der Waals surface area contributed by atoms with Crippen LogP contribution in [0.4, 0.5) is 0 Å². The lowest BCUT2D eigenvalue weighted by atomic mass is 9.92. The molecule has 0 radical (unpaired) electrons. The summed E-state index contributed by atoms with van der Waals surface area (Å²) >= 11 is 0. The maximum absolute atomic E-state index is 12.1. The fourth-order valence-corrected chi connectivity index (χ4v) is 1.71. The van der Waals surface area contributed by atoms with E-state index < -0.39 is 5.60 Å². The quantitative estimate of drug-likeness (QED) is 0.787. The summed E-state index contributed by atoms with van der Waals surface area (Å²) in [6, 6.07) is 1.75. The molecular formula is C14H20N4O2. The van der Waals surface area contributed by atoms with E-state index >= 15 is 0 Å². The van der Waals surface area contributed by atoms with Crippen LogP contribution in [0.3, 0.4) is 0 Å². The van der Waals surface area contributed by atoms with Crippen LogP contribution in [-0.2, 0) is 0 Å². The van der Waals surface area contributed by atoms with Crippen LogP contribution in [0.25, 0.3) is 11.0 Å². The number of aryl methyl sites for hydroxylation is 1. The first-order valence-corrected chi connectivity index (χ1v) is 6.62. The molecule has 0 aliphatic carbocycles. The highest BCUT2D eigenvalue weighted by Gasteiger charge is 2.25. The summed E-state index contributed by atoms with van der Waals surface area (Å²) in [4.78, 5) is 16.2. The van der Waals surface area contributed by atoms with Crippen LogP contribution in [-0.4, -0.2) is 38.3 Å². The van der Waals surface area contributed by atoms with Gasteiger partial charge in [-0.05, 0) is 25.8 Å². The van der Waals surface area contributed by atoms with E-state index in [0.717, 1.165) is 11.1 Å². The molecule has 0 aromatic carbocycles. The van der Waals surface area contributed by atoms with E-state index in [9.17, 15) is 9.90 Å². The van der Waals surface area contributed by atoms with Gasteiger partial charge < -0.3 is 10.4 Å². The van der Waals surface area contributed by atoms with Crippen molar-refractivity contribution in [2.45, 2.75) is 33.3 Å². The maximum atomic E-state index is 12.1. The smallest absolute Gasteiger partial charge is 0.252 e. The molecule has 2 aromatic heterocycles. The molecule has 6 nitrogen and oxygen atoms in total. The molecule has 108 valence electrons.